The topological polar surface area (TPSA) is 61.8 Å². The molecule has 0 saturated carbocycles. The van der Waals surface area contributed by atoms with E-state index in [0.717, 1.165) is 5.56 Å². The second-order valence-corrected chi connectivity index (χ2v) is 7.08. The lowest BCUT2D eigenvalue weighted by Gasteiger charge is -2.08. The van der Waals surface area contributed by atoms with Crippen LogP contribution in [0.15, 0.2) is 72.5 Å². The maximum atomic E-state index is 14.0. The van der Waals surface area contributed by atoms with Crippen LogP contribution in [-0.4, -0.2) is 18.4 Å². The SMILES string of the molecule is O=C(COc1ccc2c(c1)OC(=Cc1c(F)cccc1Cl)C2=O)OCc1ccccc1. The highest BCUT2D eigenvalue weighted by Crippen LogP contribution is 2.35. The Morgan fingerprint density at radius 1 is 1.06 bits per heavy atom. The zero-order valence-corrected chi connectivity index (χ0v) is 16.9. The van der Waals surface area contributed by atoms with Crippen molar-refractivity contribution in [3.05, 3.63) is 100 Å². The van der Waals surface area contributed by atoms with Gasteiger partial charge in [0.2, 0.25) is 5.78 Å². The monoisotopic (exact) mass is 438 g/mol. The minimum Gasteiger partial charge on any atom is -0.482 e. The van der Waals surface area contributed by atoms with Crippen molar-refractivity contribution in [3.8, 4) is 11.5 Å². The second-order valence-electron chi connectivity index (χ2n) is 6.67. The molecule has 1 heterocycles. The number of ether oxygens (including phenoxy) is 3. The number of Topliss-reactive ketones (excluding diaryl/α,β-unsaturated/α-hetero) is 1. The second kappa shape index (κ2) is 9.02. The van der Waals surface area contributed by atoms with Crippen LogP contribution in [0.2, 0.25) is 5.02 Å². The summed E-state index contributed by atoms with van der Waals surface area (Å²) in [4.78, 5) is 24.5. The van der Waals surface area contributed by atoms with E-state index in [2.05, 4.69) is 0 Å². The zero-order chi connectivity index (χ0) is 21.8. The lowest BCUT2D eigenvalue weighted by molar-refractivity contribution is -0.147. The summed E-state index contributed by atoms with van der Waals surface area (Å²) >= 11 is 6.01. The summed E-state index contributed by atoms with van der Waals surface area (Å²) in [5, 5.41) is 0.165. The Labute approximate surface area is 182 Å². The van der Waals surface area contributed by atoms with Crippen LogP contribution in [0.25, 0.3) is 6.08 Å². The third kappa shape index (κ3) is 4.75. The molecule has 0 unspecified atom stereocenters. The molecule has 0 aliphatic carbocycles. The molecule has 0 fully saturated rings. The average molecular weight is 439 g/mol. The number of halogens is 2. The summed E-state index contributed by atoms with van der Waals surface area (Å²) in [6, 6.07) is 18.1. The van der Waals surface area contributed by atoms with E-state index < -0.39 is 17.6 Å². The van der Waals surface area contributed by atoms with Gasteiger partial charge in [0, 0.05) is 11.6 Å². The molecule has 0 atom stereocenters. The first kappa shape index (κ1) is 20.6. The Morgan fingerprint density at radius 2 is 1.87 bits per heavy atom. The van der Waals surface area contributed by atoms with Crippen LogP contribution in [-0.2, 0) is 16.1 Å². The Hall–Kier alpha value is -3.64. The molecule has 5 nitrogen and oxygen atoms in total. The molecule has 0 spiro atoms. The standard InChI is InChI=1S/C24H16ClFO5/c25-19-7-4-8-20(26)18(19)12-22-24(28)17-10-9-16(11-21(17)31-22)29-14-23(27)30-13-15-5-2-1-3-6-15/h1-12H,13-14H2. The molecule has 0 N–H and O–H groups in total. The van der Waals surface area contributed by atoms with Gasteiger partial charge >= 0.3 is 5.97 Å². The van der Waals surface area contributed by atoms with Crippen LogP contribution in [0.4, 0.5) is 4.39 Å². The number of benzene rings is 3. The van der Waals surface area contributed by atoms with E-state index in [4.69, 9.17) is 25.8 Å². The van der Waals surface area contributed by atoms with Crippen LogP contribution < -0.4 is 9.47 Å². The molecule has 1 aliphatic rings. The molecule has 7 heteroatoms. The van der Waals surface area contributed by atoms with Gasteiger partial charge in [-0.25, -0.2) is 9.18 Å². The van der Waals surface area contributed by atoms with Crippen LogP contribution in [0.3, 0.4) is 0 Å². The average Bonchev–Trinajstić information content (AvgIpc) is 3.09. The highest BCUT2D eigenvalue weighted by atomic mass is 35.5. The van der Waals surface area contributed by atoms with Crippen molar-refractivity contribution in [2.24, 2.45) is 0 Å². The molecule has 4 rings (SSSR count). The third-order valence-corrected chi connectivity index (χ3v) is 4.85. The van der Waals surface area contributed by atoms with Gasteiger partial charge in [-0.1, -0.05) is 48.0 Å². The lowest BCUT2D eigenvalue weighted by atomic mass is 10.1. The zero-order valence-electron chi connectivity index (χ0n) is 16.1. The van der Waals surface area contributed by atoms with Crippen molar-refractivity contribution in [1.29, 1.82) is 0 Å². The largest absolute Gasteiger partial charge is 0.482 e. The molecule has 156 valence electrons. The van der Waals surface area contributed by atoms with Gasteiger partial charge in [-0.15, -0.1) is 0 Å². The molecular weight excluding hydrogens is 423 g/mol. The van der Waals surface area contributed by atoms with Gasteiger partial charge in [-0.3, -0.25) is 4.79 Å². The van der Waals surface area contributed by atoms with Gasteiger partial charge in [-0.05, 0) is 35.9 Å². The highest BCUT2D eigenvalue weighted by Gasteiger charge is 2.28. The minimum absolute atomic E-state index is 0.0542. The van der Waals surface area contributed by atoms with Gasteiger partial charge in [0.05, 0.1) is 10.6 Å². The predicted molar refractivity (Wildman–Crippen MR) is 113 cm³/mol. The van der Waals surface area contributed by atoms with Gasteiger partial charge in [0.1, 0.15) is 23.9 Å². The van der Waals surface area contributed by atoms with Crippen LogP contribution in [0.1, 0.15) is 21.5 Å². The van der Waals surface area contributed by atoms with Crippen molar-refractivity contribution < 1.29 is 28.2 Å². The van der Waals surface area contributed by atoms with Gasteiger partial charge < -0.3 is 14.2 Å². The molecule has 31 heavy (non-hydrogen) atoms. The summed E-state index contributed by atoms with van der Waals surface area (Å²) in [5.41, 5.74) is 1.24. The number of carbonyl (C=O) groups excluding carboxylic acids is 2. The van der Waals surface area contributed by atoms with Crippen molar-refractivity contribution >= 4 is 29.4 Å². The fourth-order valence-electron chi connectivity index (χ4n) is 2.96. The molecule has 0 saturated heterocycles. The summed E-state index contributed by atoms with van der Waals surface area (Å²) in [6.45, 7) is -0.148. The van der Waals surface area contributed by atoms with E-state index in [9.17, 15) is 14.0 Å². The normalized spacial score (nSPS) is 13.6. The summed E-state index contributed by atoms with van der Waals surface area (Å²) in [5.74, 6) is -0.974. The fraction of sp³-hybridized carbons (Fsp3) is 0.0833. The number of allylic oxidation sites excluding steroid dienone is 1. The quantitative estimate of drug-likeness (QED) is 0.390. The summed E-state index contributed by atoms with van der Waals surface area (Å²) in [7, 11) is 0. The van der Waals surface area contributed by atoms with E-state index in [0.29, 0.717) is 11.3 Å². The first-order valence-electron chi connectivity index (χ1n) is 9.36. The van der Waals surface area contributed by atoms with Crippen LogP contribution in [0.5, 0.6) is 11.5 Å². The summed E-state index contributed by atoms with van der Waals surface area (Å²) < 4.78 is 30.2. The summed E-state index contributed by atoms with van der Waals surface area (Å²) in [6.07, 6.45) is 1.27. The number of hydrogen-bond donors (Lipinski definition) is 0. The van der Waals surface area contributed by atoms with Crippen LogP contribution >= 0.6 is 11.6 Å². The van der Waals surface area contributed by atoms with E-state index >= 15 is 0 Å². The first-order chi connectivity index (χ1) is 15.0. The van der Waals surface area contributed by atoms with E-state index in [1.807, 2.05) is 30.3 Å². The molecule has 3 aromatic rings. The molecule has 0 radical (unpaired) electrons. The predicted octanol–water partition coefficient (Wildman–Crippen LogP) is 5.22. The smallest absolute Gasteiger partial charge is 0.344 e. The number of hydrogen-bond acceptors (Lipinski definition) is 5. The Balaban J connectivity index is 1.40. The maximum absolute atomic E-state index is 14.0. The fourth-order valence-corrected chi connectivity index (χ4v) is 3.18. The number of esters is 1. The molecule has 1 aliphatic heterocycles. The van der Waals surface area contributed by atoms with Gasteiger partial charge in [-0.2, -0.15) is 0 Å². The molecular formula is C24H16ClFO5. The molecule has 0 aromatic heterocycles. The minimum atomic E-state index is -0.564. The van der Waals surface area contributed by atoms with E-state index in [-0.39, 0.29) is 35.3 Å². The lowest BCUT2D eigenvalue weighted by Crippen LogP contribution is -2.14. The Bertz CT molecular complexity index is 1150. The molecule has 0 amide bonds. The first-order valence-corrected chi connectivity index (χ1v) is 9.74. The van der Waals surface area contributed by atoms with Crippen molar-refractivity contribution in [2.75, 3.05) is 6.61 Å². The molecule has 0 bridgehead atoms. The highest BCUT2D eigenvalue weighted by molar-refractivity contribution is 6.32. The van der Waals surface area contributed by atoms with Crippen molar-refractivity contribution in [1.82, 2.24) is 0 Å². The Kier molecular flexibility index (Phi) is 6.00. The van der Waals surface area contributed by atoms with Gasteiger partial charge in [0.25, 0.3) is 0 Å². The number of ketones is 1. The number of rotatable bonds is 6. The number of carbonyl (C=O) groups is 2. The molecule has 3 aromatic carbocycles. The van der Waals surface area contributed by atoms with E-state index in [1.54, 1.807) is 6.07 Å². The van der Waals surface area contributed by atoms with E-state index in [1.165, 1.54) is 36.4 Å². The maximum Gasteiger partial charge on any atom is 0.344 e. The third-order valence-electron chi connectivity index (χ3n) is 4.52. The van der Waals surface area contributed by atoms with Crippen LogP contribution in [0, 0.1) is 5.82 Å². The van der Waals surface area contributed by atoms with Crippen molar-refractivity contribution in [2.45, 2.75) is 6.61 Å². The van der Waals surface area contributed by atoms with Crippen molar-refractivity contribution in [3.63, 3.8) is 0 Å². The number of fused-ring (bicyclic) bond motifs is 1. The van der Waals surface area contributed by atoms with Gasteiger partial charge in [0.15, 0.2) is 12.4 Å². The Morgan fingerprint density at radius 3 is 2.65 bits per heavy atom.